The fourth-order valence-corrected chi connectivity index (χ4v) is 1.85. The lowest BCUT2D eigenvalue weighted by atomic mass is 10.1. The lowest BCUT2D eigenvalue weighted by molar-refractivity contribution is 0.457. The predicted octanol–water partition coefficient (Wildman–Crippen LogP) is 3.52. The van der Waals surface area contributed by atoms with Crippen molar-refractivity contribution < 1.29 is 13.9 Å². The molecule has 0 spiro atoms. The van der Waals surface area contributed by atoms with E-state index in [2.05, 4.69) is 5.32 Å². The van der Waals surface area contributed by atoms with E-state index in [-0.39, 0.29) is 17.6 Å². The van der Waals surface area contributed by atoms with E-state index in [4.69, 9.17) is 0 Å². The number of nitrogens with one attached hydrogen (secondary N) is 1. The van der Waals surface area contributed by atoms with Crippen molar-refractivity contribution in [1.82, 2.24) is 5.32 Å². The van der Waals surface area contributed by atoms with Gasteiger partial charge in [0.15, 0.2) is 0 Å². The minimum Gasteiger partial charge on any atom is -0.508 e. The molecule has 100 valence electrons. The Kier molecular flexibility index (Phi) is 4.12. The Morgan fingerprint density at radius 3 is 2.58 bits per heavy atom. The molecule has 0 aliphatic carbocycles. The van der Waals surface area contributed by atoms with Gasteiger partial charge in [0.1, 0.15) is 17.4 Å². The highest BCUT2D eigenvalue weighted by Crippen LogP contribution is 2.19. The molecule has 2 rings (SSSR count). The summed E-state index contributed by atoms with van der Waals surface area (Å²) in [5.41, 5.74) is 1.28. The molecule has 0 saturated carbocycles. The average molecular weight is 263 g/mol. The molecule has 0 aromatic heterocycles. The standard InChI is InChI=1S/C15H15F2NO/c1-10(11-3-2-4-13(16)7-11)18-9-12-8-14(17)5-6-15(12)19/h2-8,10,18-19H,9H2,1H3/t10-/m1/s1. The van der Waals surface area contributed by atoms with Crippen molar-refractivity contribution in [2.45, 2.75) is 19.5 Å². The Morgan fingerprint density at radius 2 is 1.84 bits per heavy atom. The first kappa shape index (κ1) is 13.5. The van der Waals surface area contributed by atoms with Crippen LogP contribution in [0.3, 0.4) is 0 Å². The van der Waals surface area contributed by atoms with Gasteiger partial charge in [-0.15, -0.1) is 0 Å². The SMILES string of the molecule is C[C@@H](NCc1cc(F)ccc1O)c1cccc(F)c1. The number of halogens is 2. The molecule has 1 atom stereocenters. The second kappa shape index (κ2) is 5.80. The molecule has 0 fully saturated rings. The highest BCUT2D eigenvalue weighted by atomic mass is 19.1. The van der Waals surface area contributed by atoms with E-state index in [9.17, 15) is 13.9 Å². The van der Waals surface area contributed by atoms with Gasteiger partial charge in [0.05, 0.1) is 0 Å². The number of phenols is 1. The zero-order chi connectivity index (χ0) is 13.8. The van der Waals surface area contributed by atoms with Crippen LogP contribution in [0.15, 0.2) is 42.5 Å². The third kappa shape index (κ3) is 3.51. The van der Waals surface area contributed by atoms with Gasteiger partial charge in [-0.3, -0.25) is 0 Å². The van der Waals surface area contributed by atoms with Crippen LogP contribution in [-0.2, 0) is 6.54 Å². The Hall–Kier alpha value is -1.94. The molecule has 0 unspecified atom stereocenters. The molecular weight excluding hydrogens is 248 g/mol. The van der Waals surface area contributed by atoms with E-state index in [1.807, 2.05) is 13.0 Å². The lowest BCUT2D eigenvalue weighted by Gasteiger charge is -2.15. The molecule has 0 bridgehead atoms. The molecule has 2 aromatic rings. The fourth-order valence-electron chi connectivity index (χ4n) is 1.85. The van der Waals surface area contributed by atoms with Crippen molar-refractivity contribution in [1.29, 1.82) is 0 Å². The monoisotopic (exact) mass is 263 g/mol. The molecule has 2 aromatic carbocycles. The van der Waals surface area contributed by atoms with Crippen molar-refractivity contribution in [2.24, 2.45) is 0 Å². The summed E-state index contributed by atoms with van der Waals surface area (Å²) in [6.07, 6.45) is 0. The normalized spacial score (nSPS) is 12.4. The van der Waals surface area contributed by atoms with E-state index < -0.39 is 5.82 Å². The number of aromatic hydroxyl groups is 1. The average Bonchev–Trinajstić information content (AvgIpc) is 2.39. The quantitative estimate of drug-likeness (QED) is 0.884. The summed E-state index contributed by atoms with van der Waals surface area (Å²) in [5.74, 6) is -0.645. The van der Waals surface area contributed by atoms with Gasteiger partial charge in [0.25, 0.3) is 0 Å². The molecule has 19 heavy (non-hydrogen) atoms. The maximum Gasteiger partial charge on any atom is 0.123 e. The first-order valence-corrected chi connectivity index (χ1v) is 6.02. The van der Waals surface area contributed by atoms with Crippen LogP contribution in [0.25, 0.3) is 0 Å². The number of rotatable bonds is 4. The van der Waals surface area contributed by atoms with Crippen LogP contribution in [0.4, 0.5) is 8.78 Å². The van der Waals surface area contributed by atoms with Crippen molar-refractivity contribution in [2.75, 3.05) is 0 Å². The summed E-state index contributed by atoms with van der Waals surface area (Å²) < 4.78 is 26.1. The third-order valence-electron chi connectivity index (χ3n) is 2.99. The van der Waals surface area contributed by atoms with Crippen LogP contribution in [0.2, 0.25) is 0 Å². The zero-order valence-electron chi connectivity index (χ0n) is 10.5. The fraction of sp³-hybridized carbons (Fsp3) is 0.200. The van der Waals surface area contributed by atoms with E-state index >= 15 is 0 Å². The van der Waals surface area contributed by atoms with Crippen LogP contribution in [-0.4, -0.2) is 5.11 Å². The first-order valence-electron chi connectivity index (χ1n) is 6.02. The predicted molar refractivity (Wildman–Crippen MR) is 69.7 cm³/mol. The van der Waals surface area contributed by atoms with Crippen LogP contribution < -0.4 is 5.32 Å². The molecule has 4 heteroatoms. The van der Waals surface area contributed by atoms with E-state index in [1.165, 1.54) is 30.3 Å². The maximum atomic E-state index is 13.1. The van der Waals surface area contributed by atoms with Crippen molar-refractivity contribution in [3.8, 4) is 5.75 Å². The molecule has 2 nitrogen and oxygen atoms in total. The van der Waals surface area contributed by atoms with Gasteiger partial charge in [-0.05, 0) is 42.8 Å². The topological polar surface area (TPSA) is 32.3 Å². The van der Waals surface area contributed by atoms with Crippen LogP contribution in [0, 0.1) is 11.6 Å². The smallest absolute Gasteiger partial charge is 0.123 e. The molecule has 0 radical (unpaired) electrons. The van der Waals surface area contributed by atoms with Crippen LogP contribution in [0.5, 0.6) is 5.75 Å². The van der Waals surface area contributed by atoms with Gasteiger partial charge in [-0.25, -0.2) is 8.78 Å². The second-order valence-corrected chi connectivity index (χ2v) is 4.43. The minimum absolute atomic E-state index is 0.0420. The van der Waals surface area contributed by atoms with E-state index in [1.54, 1.807) is 6.07 Å². The van der Waals surface area contributed by atoms with Crippen LogP contribution in [0.1, 0.15) is 24.1 Å². The molecule has 0 saturated heterocycles. The summed E-state index contributed by atoms with van der Waals surface area (Å²) in [5, 5.41) is 12.7. The Labute approximate surface area is 110 Å². The Balaban J connectivity index is 2.04. The second-order valence-electron chi connectivity index (χ2n) is 4.43. The van der Waals surface area contributed by atoms with Gasteiger partial charge in [0, 0.05) is 18.2 Å². The van der Waals surface area contributed by atoms with Gasteiger partial charge in [0.2, 0.25) is 0 Å². The highest BCUT2D eigenvalue weighted by Gasteiger charge is 2.08. The first-order chi connectivity index (χ1) is 9.06. The lowest BCUT2D eigenvalue weighted by Crippen LogP contribution is -2.18. The molecular formula is C15H15F2NO. The summed E-state index contributed by atoms with van der Waals surface area (Å²) in [7, 11) is 0. The zero-order valence-corrected chi connectivity index (χ0v) is 10.5. The molecule has 0 aliphatic heterocycles. The van der Waals surface area contributed by atoms with Gasteiger partial charge >= 0.3 is 0 Å². The molecule has 0 aliphatic rings. The van der Waals surface area contributed by atoms with Crippen molar-refractivity contribution in [3.63, 3.8) is 0 Å². The Bertz CT molecular complexity index is 572. The van der Waals surface area contributed by atoms with E-state index in [0.29, 0.717) is 12.1 Å². The van der Waals surface area contributed by atoms with Crippen molar-refractivity contribution in [3.05, 3.63) is 65.2 Å². The number of benzene rings is 2. The number of hydrogen-bond acceptors (Lipinski definition) is 2. The van der Waals surface area contributed by atoms with Gasteiger partial charge < -0.3 is 10.4 Å². The third-order valence-corrected chi connectivity index (χ3v) is 2.99. The molecule has 0 amide bonds. The highest BCUT2D eigenvalue weighted by molar-refractivity contribution is 5.32. The molecule has 2 N–H and O–H groups in total. The van der Waals surface area contributed by atoms with E-state index in [0.717, 1.165) is 5.56 Å². The summed E-state index contributed by atoms with van der Waals surface area (Å²) in [6.45, 7) is 2.19. The largest absolute Gasteiger partial charge is 0.508 e. The maximum absolute atomic E-state index is 13.1. The van der Waals surface area contributed by atoms with Crippen molar-refractivity contribution >= 4 is 0 Å². The summed E-state index contributed by atoms with van der Waals surface area (Å²) >= 11 is 0. The number of hydrogen-bond donors (Lipinski definition) is 2. The van der Waals surface area contributed by atoms with Gasteiger partial charge in [-0.2, -0.15) is 0 Å². The Morgan fingerprint density at radius 1 is 1.11 bits per heavy atom. The minimum atomic E-state index is -0.395. The summed E-state index contributed by atoms with van der Waals surface area (Å²) in [4.78, 5) is 0. The van der Waals surface area contributed by atoms with Crippen LogP contribution >= 0.6 is 0 Å². The van der Waals surface area contributed by atoms with Gasteiger partial charge in [-0.1, -0.05) is 12.1 Å². The number of phenolic OH excluding ortho intramolecular Hbond substituents is 1. The molecule has 0 heterocycles. The summed E-state index contributed by atoms with van der Waals surface area (Å²) in [6, 6.07) is 9.99.